The number of carbonyl (C=O) groups is 6. The Balaban J connectivity index is 1.62. The lowest BCUT2D eigenvalue weighted by molar-refractivity contribution is -0.292. The van der Waals surface area contributed by atoms with Crippen molar-refractivity contribution in [3.63, 3.8) is 0 Å². The summed E-state index contributed by atoms with van der Waals surface area (Å²) >= 11 is 0. The van der Waals surface area contributed by atoms with Crippen LogP contribution in [0.25, 0.3) is 0 Å². The highest BCUT2D eigenvalue weighted by Crippen LogP contribution is 2.24. The normalized spacial score (nSPS) is 30.1. The van der Waals surface area contributed by atoms with Gasteiger partial charge in [-0.15, -0.1) is 0 Å². The van der Waals surface area contributed by atoms with Gasteiger partial charge in [0.25, 0.3) is 0 Å². The van der Waals surface area contributed by atoms with Gasteiger partial charge < -0.3 is 101 Å². The molecule has 0 spiro atoms. The molecule has 0 unspecified atom stereocenters. The molecule has 3 aliphatic rings. The average Bonchev–Trinajstić information content (AvgIpc) is 3.40. The molecular formula is C51H92N6O21. The maximum absolute atomic E-state index is 14.1. The van der Waals surface area contributed by atoms with Crippen molar-refractivity contribution >= 4 is 35.2 Å². The summed E-state index contributed by atoms with van der Waals surface area (Å²) < 4.78 is 33.0. The van der Waals surface area contributed by atoms with Gasteiger partial charge in [0.05, 0.1) is 63.3 Å². The summed E-state index contributed by atoms with van der Waals surface area (Å²) in [4.78, 5) is 79.8. The van der Waals surface area contributed by atoms with Gasteiger partial charge in [-0.2, -0.15) is 0 Å². The molecule has 452 valence electrons. The molecule has 0 aliphatic carbocycles. The van der Waals surface area contributed by atoms with Crippen molar-refractivity contribution in [3.8, 4) is 0 Å². The Morgan fingerprint density at radius 2 is 0.872 bits per heavy atom. The van der Waals surface area contributed by atoms with Crippen LogP contribution in [0.3, 0.4) is 0 Å². The zero-order valence-electron chi connectivity index (χ0n) is 45.7. The first-order valence-corrected chi connectivity index (χ1v) is 27.6. The Morgan fingerprint density at radius 1 is 0.487 bits per heavy atom. The van der Waals surface area contributed by atoms with Crippen LogP contribution in [-0.2, 0) is 57.2 Å². The summed E-state index contributed by atoms with van der Waals surface area (Å²) in [7, 11) is 0. The topological polar surface area (TPSA) is 417 Å². The van der Waals surface area contributed by atoms with Crippen LogP contribution in [0, 0.1) is 0 Å². The fourth-order valence-electron chi connectivity index (χ4n) is 9.12. The van der Waals surface area contributed by atoms with E-state index in [0.717, 1.165) is 32.1 Å². The Kier molecular flexibility index (Phi) is 32.5. The number of Topliss-reactive ketones (excluding diaryl/α,β-unsaturated/α-hetero) is 2. The molecule has 27 heteroatoms. The second kappa shape index (κ2) is 36.8. The highest BCUT2D eigenvalue weighted by Gasteiger charge is 2.44. The molecule has 3 fully saturated rings. The van der Waals surface area contributed by atoms with Gasteiger partial charge in [-0.1, -0.05) is 32.1 Å². The Morgan fingerprint density at radius 3 is 1.29 bits per heavy atom. The van der Waals surface area contributed by atoms with Crippen molar-refractivity contribution in [2.45, 2.75) is 228 Å². The second-order valence-electron chi connectivity index (χ2n) is 20.5. The maximum atomic E-state index is 14.1. The minimum atomic E-state index is -1.59. The molecule has 0 aromatic heterocycles. The summed E-state index contributed by atoms with van der Waals surface area (Å²) in [6, 6.07) is -1.64. The molecule has 17 atom stereocenters. The number of rotatable bonds is 38. The van der Waals surface area contributed by atoms with Crippen LogP contribution in [0.5, 0.6) is 0 Å². The van der Waals surface area contributed by atoms with E-state index in [1.165, 1.54) is 32.6 Å². The lowest BCUT2D eigenvalue weighted by Gasteiger charge is -2.39. The molecule has 27 nitrogen and oxygen atoms in total. The van der Waals surface area contributed by atoms with Gasteiger partial charge in [0, 0.05) is 38.9 Å². The first kappa shape index (κ1) is 68.8. The Hall–Kier alpha value is -3.46. The van der Waals surface area contributed by atoms with Crippen molar-refractivity contribution < 1.29 is 103 Å². The van der Waals surface area contributed by atoms with E-state index < -0.39 is 135 Å². The number of carbonyl (C=O) groups excluding carboxylic acids is 6. The van der Waals surface area contributed by atoms with Gasteiger partial charge >= 0.3 is 0 Å². The predicted molar refractivity (Wildman–Crippen MR) is 275 cm³/mol. The average molecular weight is 1130 g/mol. The van der Waals surface area contributed by atoms with Crippen LogP contribution < -0.4 is 27.0 Å². The number of nitrogens with two attached hydrogens (primary N) is 1. The van der Waals surface area contributed by atoms with E-state index in [1.807, 2.05) is 0 Å². The molecular weight excluding hydrogens is 1030 g/mol. The van der Waals surface area contributed by atoms with Gasteiger partial charge in [-0.05, 0) is 79.2 Å². The van der Waals surface area contributed by atoms with E-state index in [9.17, 15) is 74.7 Å². The molecule has 3 heterocycles. The van der Waals surface area contributed by atoms with Crippen LogP contribution in [0.4, 0.5) is 0 Å². The molecule has 4 amide bonds. The molecule has 0 aromatic carbocycles. The number of unbranched alkanes of at least 4 members (excludes halogenated alkanes) is 7. The number of aliphatic hydroxyl groups excluding tert-OH is 9. The molecule has 0 bridgehead atoms. The number of amides is 4. The minimum Gasteiger partial charge on any atom is -0.388 e. The first-order chi connectivity index (χ1) is 37.1. The number of hydrogen-bond donors (Lipinski definition) is 14. The highest BCUT2D eigenvalue weighted by atomic mass is 16.7. The molecule has 78 heavy (non-hydrogen) atoms. The third-order valence-electron chi connectivity index (χ3n) is 14.0. The Labute approximate surface area is 456 Å². The highest BCUT2D eigenvalue weighted by molar-refractivity contribution is 5.87. The molecule has 3 saturated heterocycles. The van der Waals surface area contributed by atoms with E-state index in [0.29, 0.717) is 57.9 Å². The fourth-order valence-corrected chi connectivity index (χ4v) is 9.12. The summed E-state index contributed by atoms with van der Waals surface area (Å²) in [5.74, 6) is -2.09. The van der Waals surface area contributed by atoms with Crippen molar-refractivity contribution in [3.05, 3.63) is 0 Å². The van der Waals surface area contributed by atoms with Crippen molar-refractivity contribution in [2.75, 3.05) is 59.1 Å². The summed E-state index contributed by atoms with van der Waals surface area (Å²) in [5.41, 5.74) is 5.54. The van der Waals surface area contributed by atoms with Crippen molar-refractivity contribution in [1.29, 1.82) is 0 Å². The molecule has 3 rings (SSSR count). The van der Waals surface area contributed by atoms with E-state index in [-0.39, 0.29) is 69.8 Å². The van der Waals surface area contributed by atoms with Gasteiger partial charge in [0.2, 0.25) is 23.6 Å². The Bertz CT molecular complexity index is 1740. The largest absolute Gasteiger partial charge is 0.388 e. The monoisotopic (exact) mass is 1120 g/mol. The SMILES string of the molecule is CC(=O)[C@H](CCCCN)NC(=O)CCCCCCCC(=O)CCCCC[C@@H](C(=O)NCCO[C@@H]1O[C@@H](C)[C@@H](O)[C@@H](O)[C@@H]1O)N(CC(=O)NCCO[C@@H]1O[C@@H](C)[C@@H](O)[C@@H](O)[C@@H]1O)CC(=O)NCCO[C@@H]1O[C@@H](C)[C@@H](O)[C@@H](O)[C@@H]1O. The zero-order chi connectivity index (χ0) is 57.9. The summed E-state index contributed by atoms with van der Waals surface area (Å²) in [6.07, 6.45) is -11.7. The third kappa shape index (κ3) is 23.9. The number of nitrogens with one attached hydrogen (secondary N) is 4. The molecule has 15 N–H and O–H groups in total. The fraction of sp³-hybridized carbons (Fsp3) is 0.882. The van der Waals surface area contributed by atoms with E-state index in [2.05, 4.69) is 21.3 Å². The van der Waals surface area contributed by atoms with Crippen LogP contribution >= 0.6 is 0 Å². The zero-order valence-corrected chi connectivity index (χ0v) is 45.7. The van der Waals surface area contributed by atoms with Crippen molar-refractivity contribution in [1.82, 2.24) is 26.2 Å². The number of nitrogens with zero attached hydrogens (tertiary/aromatic N) is 1. The van der Waals surface area contributed by atoms with Crippen LogP contribution in [0.15, 0.2) is 0 Å². The van der Waals surface area contributed by atoms with Crippen LogP contribution in [0.1, 0.15) is 124 Å². The van der Waals surface area contributed by atoms with Gasteiger partial charge in [0.1, 0.15) is 60.7 Å². The summed E-state index contributed by atoms with van der Waals surface area (Å²) in [6.45, 7) is 4.32. The second-order valence-corrected chi connectivity index (χ2v) is 20.5. The van der Waals surface area contributed by atoms with Crippen LogP contribution in [0.2, 0.25) is 0 Å². The van der Waals surface area contributed by atoms with Crippen molar-refractivity contribution in [2.24, 2.45) is 5.73 Å². The number of hydrogen-bond acceptors (Lipinski definition) is 23. The smallest absolute Gasteiger partial charge is 0.237 e. The standard InChI is InChI=1S/C51H92N6O21/c1-29(58)34(17-13-14-20-52)56-36(60)19-12-7-5-6-9-15-33(59)16-10-8-11-18-35(48(72)55-23-26-75-51-47(71)44(68)41(65)32(4)78-51)57(27-37(61)53-21-24-73-49-45(69)42(66)39(63)30(2)76-49)28-38(62)54-22-25-74-50-46(70)43(67)40(64)31(3)77-50/h30-32,34-35,39-47,49-51,63-71H,5-28,52H2,1-4H3,(H,53,61)(H,54,62)(H,55,72)(H,56,60)/t30-,31-,32-,34-,35-,39+,40+,41+,42+,43+,44+,45-,46-,47-,49+,50+,51+/m0/s1. The first-order valence-electron chi connectivity index (χ1n) is 27.6. The molecule has 3 aliphatic heterocycles. The lowest BCUT2D eigenvalue weighted by atomic mass is 10.0. The lowest BCUT2D eigenvalue weighted by Crippen LogP contribution is -2.58. The number of aliphatic hydroxyl groups is 9. The number of ketones is 2. The summed E-state index contributed by atoms with van der Waals surface area (Å²) in [5, 5.41) is 102. The third-order valence-corrected chi connectivity index (χ3v) is 14.0. The molecule has 0 radical (unpaired) electrons. The van der Waals surface area contributed by atoms with Crippen LogP contribution in [-0.4, -0.2) is 249 Å². The van der Waals surface area contributed by atoms with Gasteiger partial charge in [-0.3, -0.25) is 33.7 Å². The predicted octanol–water partition coefficient (Wildman–Crippen LogP) is -4.01. The van der Waals surface area contributed by atoms with Gasteiger partial charge in [-0.25, -0.2) is 0 Å². The molecule has 0 aromatic rings. The van der Waals surface area contributed by atoms with Gasteiger partial charge in [0.15, 0.2) is 24.7 Å². The maximum Gasteiger partial charge on any atom is 0.237 e. The van der Waals surface area contributed by atoms with E-state index in [4.69, 9.17) is 34.2 Å². The molecule has 0 saturated carbocycles. The minimum absolute atomic E-state index is 0.0701. The number of ether oxygens (including phenoxy) is 6. The van der Waals surface area contributed by atoms with E-state index >= 15 is 0 Å². The quantitative estimate of drug-likeness (QED) is 0.0262. The van der Waals surface area contributed by atoms with E-state index in [1.54, 1.807) is 0 Å².